The van der Waals surface area contributed by atoms with Crippen LogP contribution in [-0.4, -0.2) is 185 Å². The number of hydrogen-bond donors (Lipinski definition) is 1. The lowest BCUT2D eigenvalue weighted by atomic mass is 9.73. The van der Waals surface area contributed by atoms with Crippen LogP contribution in [0.3, 0.4) is 0 Å². The van der Waals surface area contributed by atoms with E-state index < -0.39 is 29.9 Å². The zero-order valence-electron chi connectivity index (χ0n) is 56.9. The fraction of sp³-hybridized carbons (Fsp3) is 0.410. The summed E-state index contributed by atoms with van der Waals surface area (Å²) in [4.78, 5) is 138. The maximum atomic E-state index is 12.5. The molecule has 14 rings (SSSR count). The molecule has 0 saturated carbocycles. The van der Waals surface area contributed by atoms with Crippen molar-refractivity contribution in [2.24, 2.45) is 25.4 Å². The maximum absolute atomic E-state index is 12.5. The molecule has 0 aromatic carbocycles. The number of nitrogens with one attached hydrogen (secondary N) is 1. The highest BCUT2D eigenvalue weighted by atomic mass is 127. The number of piperidine rings is 1. The summed E-state index contributed by atoms with van der Waals surface area (Å²) in [6.45, 7) is 15.8. The molecule has 1 amide bonds. The van der Waals surface area contributed by atoms with E-state index >= 15 is 0 Å². The number of rotatable bonds is 8. The standard InChI is InChI=1S/C23H32IN5O5.C10H8ClIN4O4.C9H7ClIN3O2.C7H4ClIN4O2.C6H3ClIN3.C6H4ClN3/c1-13-18(28-21(31)34-22(3,4)5)23(12-33-13)6-8-29(9-7-23)20-16(11-32-14(2)30)26-17-15(27-20)10-25-19(17)24;1-4(17)20-3-5-7(11)14-9-6(13-5)8(12)15-16(9)10(18)19-2;1-4(15)16-3-6-8(10)14-5-2-12-9(11)7(5)13-6;1-15-7(14)13-6-4(5(9)12-13)10-2-3(8)11-6;7-4-2-9-5-3(11-4)1-10-6(5)8;7-6-3-9-4-1-8-2-5(4)10-6/h13,18H,6-12H2,1-5H3,(H,28,31);3H2,1-2H3;2-3H2,1H3;2H,1H3;2H,1H2;1,3H,2H2/t13-,18+;;;;;/m0...../s1. The van der Waals surface area contributed by atoms with Gasteiger partial charge in [0.05, 0.1) is 101 Å². The third kappa shape index (κ3) is 21.5. The summed E-state index contributed by atoms with van der Waals surface area (Å²) in [6.07, 6.45) is 5.97. The SMILES string of the molecule is CC(=O)OCc1nc2c(nc1Cl)CN=C2I.CC(=O)OCc1nc2c(nc1N1CCC3(CC1)CO[C@@H](C)[C@H]3NC(=O)OC(C)(C)C)CN=C2I.COC(=O)n1nc(I)c2nc(COC(C)=O)c(Cl)nc21.COC(=O)n1nc(I)c2ncc(Cl)nc21.Clc1cnc2c(n1)CN=C2.Clc1cnc2c(n1)CN=C2I. The highest BCUT2D eigenvalue weighted by Crippen LogP contribution is 2.44. The largest absolute Gasteiger partial charge is 0.459 e. The van der Waals surface area contributed by atoms with E-state index in [4.69, 9.17) is 91.7 Å². The Hall–Kier alpha value is -6.42. The number of amides is 1. The predicted molar refractivity (Wildman–Crippen MR) is 428 cm³/mol. The van der Waals surface area contributed by atoms with Crippen LogP contribution in [0, 0.1) is 12.8 Å². The van der Waals surface area contributed by atoms with Crippen molar-refractivity contribution in [1.29, 1.82) is 0 Å². The molecular weight excluding hydrogens is 2060 g/mol. The summed E-state index contributed by atoms with van der Waals surface area (Å²) in [5.74, 6) is -0.452. The molecule has 560 valence electrons. The molecule has 1 spiro atoms. The third-order valence-electron chi connectivity index (χ3n) is 15.0. The summed E-state index contributed by atoms with van der Waals surface area (Å²) in [5.41, 5.74) is 8.56. The first-order chi connectivity index (χ1) is 50.2. The van der Waals surface area contributed by atoms with E-state index in [0.717, 1.165) is 97.8 Å². The summed E-state index contributed by atoms with van der Waals surface area (Å²) in [6, 6.07) is -0.133. The smallest absolute Gasteiger partial charge is 0.436 e. The van der Waals surface area contributed by atoms with Gasteiger partial charge in [0.25, 0.3) is 0 Å². The van der Waals surface area contributed by atoms with E-state index in [0.29, 0.717) is 78.6 Å². The molecule has 2 fully saturated rings. The molecule has 106 heavy (non-hydrogen) atoms. The molecule has 0 bridgehead atoms. The van der Waals surface area contributed by atoms with Crippen molar-refractivity contribution in [2.45, 2.75) is 125 Å². The van der Waals surface area contributed by atoms with Crippen molar-refractivity contribution in [1.82, 2.24) is 84.7 Å². The Labute approximate surface area is 695 Å². The van der Waals surface area contributed by atoms with Gasteiger partial charge < -0.3 is 43.4 Å². The fourth-order valence-electron chi connectivity index (χ4n) is 10.2. The van der Waals surface area contributed by atoms with E-state index in [2.05, 4.69) is 167 Å². The second kappa shape index (κ2) is 37.3. The molecule has 8 aromatic heterocycles. The van der Waals surface area contributed by atoms with Crippen LogP contribution in [0.25, 0.3) is 22.3 Å². The minimum absolute atomic E-state index is 0.0280. The van der Waals surface area contributed by atoms with Crippen molar-refractivity contribution in [3.8, 4) is 0 Å². The Morgan fingerprint density at radius 3 is 1.61 bits per heavy atom. The lowest BCUT2D eigenvalue weighted by Gasteiger charge is -2.43. The minimum Gasteiger partial charge on any atom is -0.459 e. The topological polar surface area (TPSA) is 422 Å². The van der Waals surface area contributed by atoms with Gasteiger partial charge in [-0.05, 0) is 153 Å². The van der Waals surface area contributed by atoms with Gasteiger partial charge >= 0.3 is 36.2 Å². The summed E-state index contributed by atoms with van der Waals surface area (Å²) in [5, 5.41) is 12.4. The van der Waals surface area contributed by atoms with Crippen LogP contribution < -0.4 is 10.2 Å². The molecule has 8 aromatic rings. The monoisotopic (exact) mass is 2120 g/mol. The van der Waals surface area contributed by atoms with Crippen LogP contribution in [0.4, 0.5) is 20.2 Å². The van der Waals surface area contributed by atoms with Crippen LogP contribution in [0.1, 0.15) is 124 Å². The van der Waals surface area contributed by atoms with E-state index in [1.54, 1.807) is 12.4 Å². The zero-order chi connectivity index (χ0) is 77.1. The fourth-order valence-corrected chi connectivity index (χ4v) is 14.1. The van der Waals surface area contributed by atoms with Gasteiger partial charge in [0.2, 0.25) is 0 Å². The van der Waals surface area contributed by atoms with Gasteiger partial charge in [-0.2, -0.15) is 10.2 Å². The maximum Gasteiger partial charge on any atom is 0.436 e. The molecule has 6 aliphatic rings. The first kappa shape index (κ1) is 83.6. The Balaban J connectivity index is 0.000000155. The van der Waals surface area contributed by atoms with Gasteiger partial charge in [-0.15, -0.1) is 9.36 Å². The van der Waals surface area contributed by atoms with E-state index in [9.17, 15) is 28.8 Å². The average Bonchev–Trinajstić information content (AvgIpc) is 1.58. The van der Waals surface area contributed by atoms with E-state index in [1.807, 2.05) is 72.9 Å². The number of hydrogen-bond acceptors (Lipinski definition) is 32. The number of carbonyl (C=O) groups excluding carboxylic acids is 6. The summed E-state index contributed by atoms with van der Waals surface area (Å²) in [7, 11) is 2.49. The number of aromatic nitrogens is 16. The van der Waals surface area contributed by atoms with Gasteiger partial charge in [-0.1, -0.05) is 58.0 Å². The summed E-state index contributed by atoms with van der Waals surface area (Å²) >= 11 is 39.0. The molecule has 2 atom stereocenters. The number of anilines is 1. The van der Waals surface area contributed by atoms with Crippen LogP contribution in [0.2, 0.25) is 25.8 Å². The van der Waals surface area contributed by atoms with Gasteiger partial charge in [0.1, 0.15) is 103 Å². The number of halogens is 10. The van der Waals surface area contributed by atoms with Crippen LogP contribution in [0.15, 0.2) is 38.6 Å². The normalized spacial score (nSPS) is 15.8. The third-order valence-corrected chi connectivity index (χ3v) is 20.2. The number of ether oxygens (including phenoxy) is 7. The van der Waals surface area contributed by atoms with Gasteiger partial charge in [0.15, 0.2) is 34.8 Å². The Morgan fingerprint density at radius 1 is 0.575 bits per heavy atom. The second-order valence-corrected chi connectivity index (χ2v) is 30.5. The molecule has 45 heteroatoms. The molecule has 2 saturated heterocycles. The highest BCUT2D eigenvalue weighted by molar-refractivity contribution is 14.1. The van der Waals surface area contributed by atoms with E-state index in [-0.39, 0.29) is 76.1 Å². The number of aliphatic imine (C=N–C) groups is 4. The first-order valence-electron chi connectivity index (χ1n) is 30.9. The quantitative estimate of drug-likeness (QED) is 0.0838. The molecule has 0 unspecified atom stereocenters. The van der Waals surface area contributed by atoms with Crippen molar-refractivity contribution in [3.05, 3.63) is 114 Å². The lowest BCUT2D eigenvalue weighted by molar-refractivity contribution is -0.143. The van der Waals surface area contributed by atoms with Gasteiger partial charge in [-0.3, -0.25) is 39.3 Å². The average molecular weight is 2120 g/mol. The van der Waals surface area contributed by atoms with Crippen molar-refractivity contribution in [2.75, 3.05) is 38.8 Å². The first-order valence-corrected chi connectivity index (χ1v) is 38.2. The molecule has 6 aliphatic heterocycles. The Morgan fingerprint density at radius 2 is 1.05 bits per heavy atom. The number of esters is 3. The Kier molecular flexibility index (Phi) is 29.4. The van der Waals surface area contributed by atoms with Crippen molar-refractivity contribution in [3.63, 3.8) is 0 Å². The Bertz CT molecular complexity index is 4870. The van der Waals surface area contributed by atoms with Gasteiger partial charge in [-0.25, -0.2) is 69.2 Å². The van der Waals surface area contributed by atoms with Gasteiger partial charge in [0, 0.05) is 45.5 Å². The van der Waals surface area contributed by atoms with Crippen LogP contribution in [0.5, 0.6) is 0 Å². The van der Waals surface area contributed by atoms with E-state index in [1.165, 1.54) is 47.4 Å². The number of fused-ring (bicyclic) bond motifs is 6. The lowest BCUT2D eigenvalue weighted by Crippen LogP contribution is -2.55. The molecule has 1 N–H and O–H groups in total. The van der Waals surface area contributed by atoms with Crippen LogP contribution in [-0.2, 0) is 93.5 Å². The van der Waals surface area contributed by atoms with Crippen molar-refractivity contribution < 1.29 is 61.9 Å². The molecule has 0 aliphatic carbocycles. The summed E-state index contributed by atoms with van der Waals surface area (Å²) < 4.78 is 41.1. The molecule has 14 heterocycles. The minimum atomic E-state index is -0.698. The number of carbonyl (C=O) groups is 6. The molecule has 35 nitrogen and oxygen atoms in total. The predicted octanol–water partition coefficient (Wildman–Crippen LogP) is 11.4. The highest BCUT2D eigenvalue weighted by Gasteiger charge is 2.51. The second-order valence-electron chi connectivity index (χ2n) is 23.5. The number of nitrogens with zero attached hydrogens (tertiary/aromatic N) is 21. The van der Waals surface area contributed by atoms with Crippen molar-refractivity contribution >= 4 is 253 Å². The zero-order valence-corrected chi connectivity index (χ0v) is 71.5. The van der Waals surface area contributed by atoms with Crippen LogP contribution >= 0.6 is 171 Å². The molecular formula is C61H58Cl5I5N22O13. The molecule has 0 radical (unpaired) electrons. The number of alkyl carbamates (subject to hydrolysis) is 1. The number of methoxy groups -OCH3 is 2.